The van der Waals surface area contributed by atoms with Crippen molar-refractivity contribution in [3.8, 4) is 0 Å². The Morgan fingerprint density at radius 2 is 2.36 bits per heavy atom. The van der Waals surface area contributed by atoms with Gasteiger partial charge in [0.2, 0.25) is 0 Å². The second kappa shape index (κ2) is 6.89. The zero-order valence-corrected chi connectivity index (χ0v) is 13.4. The van der Waals surface area contributed by atoms with Crippen LogP contribution < -0.4 is 11.4 Å². The third-order valence-corrected chi connectivity index (χ3v) is 4.06. The molecule has 0 spiro atoms. The van der Waals surface area contributed by atoms with Gasteiger partial charge in [-0.2, -0.15) is 4.98 Å². The van der Waals surface area contributed by atoms with Gasteiger partial charge in [-0.15, -0.1) is 5.10 Å². The Hall–Kier alpha value is -2.95. The summed E-state index contributed by atoms with van der Waals surface area (Å²) in [7, 11) is 0. The van der Waals surface area contributed by atoms with Crippen LogP contribution in [0.15, 0.2) is 22.3 Å². The highest BCUT2D eigenvalue weighted by Gasteiger charge is 2.38. The lowest BCUT2D eigenvalue weighted by Crippen LogP contribution is -2.28. The summed E-state index contributed by atoms with van der Waals surface area (Å²) in [6, 6.07) is -0.327. The average molecular weight is 347 g/mol. The molecule has 12 nitrogen and oxygen atoms in total. The Bertz CT molecular complexity index is 870. The molecule has 25 heavy (non-hydrogen) atoms. The van der Waals surface area contributed by atoms with Gasteiger partial charge < -0.3 is 15.6 Å². The minimum atomic E-state index is -0.605. The van der Waals surface area contributed by atoms with E-state index < -0.39 is 18.0 Å². The van der Waals surface area contributed by atoms with Gasteiger partial charge in [0.15, 0.2) is 0 Å². The van der Waals surface area contributed by atoms with E-state index in [1.807, 2.05) is 0 Å². The zero-order chi connectivity index (χ0) is 18.0. The molecule has 3 rings (SSSR count). The largest absolute Gasteiger partial charge is 0.394 e. The first-order valence-electron chi connectivity index (χ1n) is 7.56. The van der Waals surface area contributed by atoms with E-state index >= 15 is 0 Å². The topological polar surface area (TPSA) is 170 Å². The quantitative estimate of drug-likeness (QED) is 0.437. The summed E-state index contributed by atoms with van der Waals surface area (Å²) in [5, 5.41) is 21.0. The SMILES string of the molecule is Cc1cn([C@H]2C[C@H](n3cc(CN=[N+]=[N-])nn3)[C@@H](CO)O2)c(=O)nc1N. The molecule has 0 saturated carbocycles. The summed E-state index contributed by atoms with van der Waals surface area (Å²) in [6.45, 7) is 1.58. The molecule has 1 aliphatic heterocycles. The molecule has 0 bridgehead atoms. The number of aliphatic hydroxyl groups is 1. The number of azide groups is 1. The molecule has 0 amide bonds. The van der Waals surface area contributed by atoms with E-state index in [9.17, 15) is 9.90 Å². The lowest BCUT2D eigenvalue weighted by molar-refractivity contribution is -0.0322. The number of aliphatic hydroxyl groups excluding tert-OH is 1. The fourth-order valence-corrected chi connectivity index (χ4v) is 2.77. The maximum absolute atomic E-state index is 12.1. The summed E-state index contributed by atoms with van der Waals surface area (Å²) in [5.74, 6) is 0.175. The van der Waals surface area contributed by atoms with Crippen LogP contribution >= 0.6 is 0 Å². The summed E-state index contributed by atoms with van der Waals surface area (Å²) in [4.78, 5) is 18.5. The smallest absolute Gasteiger partial charge is 0.351 e. The van der Waals surface area contributed by atoms with Crippen molar-refractivity contribution in [2.45, 2.75) is 38.3 Å². The highest BCUT2D eigenvalue weighted by Crippen LogP contribution is 2.35. The lowest BCUT2D eigenvalue weighted by Gasteiger charge is -2.15. The molecule has 3 atom stereocenters. The molecule has 1 fully saturated rings. The summed E-state index contributed by atoms with van der Waals surface area (Å²) in [5.41, 5.74) is 14.6. The average Bonchev–Trinajstić information content (AvgIpc) is 3.22. The Morgan fingerprint density at radius 1 is 1.56 bits per heavy atom. The Morgan fingerprint density at radius 3 is 3.08 bits per heavy atom. The van der Waals surface area contributed by atoms with Crippen LogP contribution in [0, 0.1) is 6.92 Å². The number of anilines is 1. The van der Waals surface area contributed by atoms with E-state index in [0.717, 1.165) is 0 Å². The number of hydrogen-bond acceptors (Lipinski definition) is 8. The van der Waals surface area contributed by atoms with Crippen molar-refractivity contribution >= 4 is 5.82 Å². The minimum Gasteiger partial charge on any atom is -0.394 e. The normalized spacial score (nSPS) is 22.7. The molecule has 1 saturated heterocycles. The van der Waals surface area contributed by atoms with Crippen molar-refractivity contribution in [2.24, 2.45) is 5.11 Å². The van der Waals surface area contributed by atoms with Crippen LogP contribution in [-0.4, -0.2) is 42.4 Å². The molecule has 0 unspecified atom stereocenters. The first-order valence-corrected chi connectivity index (χ1v) is 7.56. The van der Waals surface area contributed by atoms with Crippen LogP contribution in [0.5, 0.6) is 0 Å². The maximum atomic E-state index is 12.1. The molecule has 12 heteroatoms. The number of hydrogen-bond donors (Lipinski definition) is 2. The van der Waals surface area contributed by atoms with Crippen molar-refractivity contribution in [2.75, 3.05) is 12.3 Å². The minimum absolute atomic E-state index is 0.0812. The number of nitrogens with zero attached hydrogens (tertiary/aromatic N) is 8. The van der Waals surface area contributed by atoms with Crippen molar-refractivity contribution in [3.63, 3.8) is 0 Å². The second-order valence-corrected chi connectivity index (χ2v) is 5.69. The van der Waals surface area contributed by atoms with E-state index in [0.29, 0.717) is 17.7 Å². The van der Waals surface area contributed by atoms with Gasteiger partial charge in [-0.05, 0) is 12.5 Å². The molecular weight excluding hydrogens is 330 g/mol. The first-order chi connectivity index (χ1) is 12.0. The van der Waals surface area contributed by atoms with E-state index in [1.165, 1.54) is 4.57 Å². The summed E-state index contributed by atoms with van der Waals surface area (Å²) < 4.78 is 8.69. The number of ether oxygens (including phenoxy) is 1. The Kier molecular flexibility index (Phi) is 4.65. The fraction of sp³-hybridized carbons (Fsp3) is 0.538. The second-order valence-electron chi connectivity index (χ2n) is 5.69. The van der Waals surface area contributed by atoms with Crippen LogP contribution in [0.25, 0.3) is 10.4 Å². The number of rotatable bonds is 5. The van der Waals surface area contributed by atoms with Gasteiger partial charge in [-0.3, -0.25) is 4.57 Å². The predicted molar refractivity (Wildman–Crippen MR) is 85.2 cm³/mol. The standard InChI is InChI=1S/C13H17N9O3/c1-7-4-21(13(24)17-12(7)14)11-2-9(10(6-23)25-11)22-5-8(18-20-22)3-16-19-15/h4-5,9-11,23H,2-3,6H2,1H3,(H2,14,17,24)/t9-,10+,11+/m0/s1. The maximum Gasteiger partial charge on any atom is 0.351 e. The van der Waals surface area contributed by atoms with Gasteiger partial charge >= 0.3 is 5.69 Å². The third-order valence-electron chi connectivity index (χ3n) is 4.06. The van der Waals surface area contributed by atoms with Gasteiger partial charge in [0, 0.05) is 29.3 Å². The number of nitrogen functional groups attached to an aromatic ring is 1. The van der Waals surface area contributed by atoms with E-state index in [4.69, 9.17) is 16.0 Å². The van der Waals surface area contributed by atoms with Crippen LogP contribution in [0.4, 0.5) is 5.82 Å². The van der Waals surface area contributed by atoms with Crippen LogP contribution in [0.1, 0.15) is 29.9 Å². The van der Waals surface area contributed by atoms with Crippen LogP contribution in [0.2, 0.25) is 0 Å². The van der Waals surface area contributed by atoms with Gasteiger partial charge in [0.25, 0.3) is 0 Å². The highest BCUT2D eigenvalue weighted by atomic mass is 16.5. The summed E-state index contributed by atoms with van der Waals surface area (Å²) in [6.07, 6.45) is 2.43. The zero-order valence-electron chi connectivity index (χ0n) is 13.4. The van der Waals surface area contributed by atoms with Crippen molar-refractivity contribution in [3.05, 3.63) is 44.6 Å². The van der Waals surface area contributed by atoms with Gasteiger partial charge in [0.1, 0.15) is 18.1 Å². The Balaban J connectivity index is 1.85. The number of aromatic nitrogens is 5. The Labute approximate surface area is 141 Å². The van der Waals surface area contributed by atoms with E-state index in [1.54, 1.807) is 24.0 Å². The number of aryl methyl sites for hydroxylation is 1. The van der Waals surface area contributed by atoms with Gasteiger partial charge in [0.05, 0.1) is 24.9 Å². The predicted octanol–water partition coefficient (Wildman–Crippen LogP) is 0.0568. The molecule has 0 aliphatic carbocycles. The highest BCUT2D eigenvalue weighted by molar-refractivity contribution is 5.35. The summed E-state index contributed by atoms with van der Waals surface area (Å²) >= 11 is 0. The van der Waals surface area contributed by atoms with Gasteiger partial charge in [-0.1, -0.05) is 10.3 Å². The molecule has 3 heterocycles. The van der Waals surface area contributed by atoms with Crippen molar-refractivity contribution < 1.29 is 9.84 Å². The van der Waals surface area contributed by atoms with Gasteiger partial charge in [-0.25, -0.2) is 9.48 Å². The molecule has 0 aromatic carbocycles. The molecule has 3 N–H and O–H groups in total. The van der Waals surface area contributed by atoms with E-state index in [-0.39, 0.29) is 25.0 Å². The first kappa shape index (κ1) is 16.9. The van der Waals surface area contributed by atoms with Crippen molar-refractivity contribution in [1.82, 2.24) is 24.5 Å². The molecule has 2 aromatic rings. The molecule has 132 valence electrons. The molecule has 2 aromatic heterocycles. The van der Waals surface area contributed by atoms with Crippen LogP contribution in [-0.2, 0) is 11.3 Å². The molecule has 0 radical (unpaired) electrons. The van der Waals surface area contributed by atoms with E-state index in [2.05, 4.69) is 25.3 Å². The molecule has 1 aliphatic rings. The fourth-order valence-electron chi connectivity index (χ4n) is 2.77. The van der Waals surface area contributed by atoms with Crippen molar-refractivity contribution in [1.29, 1.82) is 0 Å². The van der Waals surface area contributed by atoms with Crippen LogP contribution in [0.3, 0.4) is 0 Å². The molecular formula is C13H17N9O3. The monoisotopic (exact) mass is 347 g/mol. The third kappa shape index (κ3) is 3.31. The lowest BCUT2D eigenvalue weighted by atomic mass is 10.1. The number of nitrogens with two attached hydrogens (primary N) is 1.